The summed E-state index contributed by atoms with van der Waals surface area (Å²) in [5.41, 5.74) is 4.20. The lowest BCUT2D eigenvalue weighted by atomic mass is 9.78. The highest BCUT2D eigenvalue weighted by molar-refractivity contribution is 6.35. The van der Waals surface area contributed by atoms with E-state index in [4.69, 9.17) is 23.2 Å². The number of likely N-dealkylation sites (tertiary alicyclic amines) is 1. The van der Waals surface area contributed by atoms with Gasteiger partial charge in [0.2, 0.25) is 0 Å². The van der Waals surface area contributed by atoms with E-state index in [9.17, 15) is 9.59 Å². The molecule has 0 N–H and O–H groups in total. The molecule has 1 saturated heterocycles. The van der Waals surface area contributed by atoms with Crippen LogP contribution in [-0.4, -0.2) is 30.1 Å². The van der Waals surface area contributed by atoms with Crippen LogP contribution in [0.3, 0.4) is 0 Å². The SMILES string of the molecule is Cc1ccc(C(=O)[C@H]2[C@@H](c3ccc(Cl)cc3Cl)N(C)C[C@H]2C(=O)c2ccc(C)cc2)cc1. The minimum absolute atomic E-state index is 0.0186. The third kappa shape index (κ3) is 4.38. The number of aryl methyl sites for hydroxylation is 2. The molecule has 3 aromatic rings. The number of rotatable bonds is 5. The molecule has 5 heteroatoms. The molecule has 1 aliphatic rings. The van der Waals surface area contributed by atoms with Crippen molar-refractivity contribution in [2.24, 2.45) is 11.8 Å². The Kier molecular flexibility index (Phi) is 6.52. The molecule has 0 saturated carbocycles. The lowest BCUT2D eigenvalue weighted by Gasteiger charge is -2.27. The summed E-state index contributed by atoms with van der Waals surface area (Å²) >= 11 is 12.7. The summed E-state index contributed by atoms with van der Waals surface area (Å²) in [7, 11) is 1.94. The minimum atomic E-state index is -0.560. The summed E-state index contributed by atoms with van der Waals surface area (Å²) in [5, 5.41) is 1.03. The van der Waals surface area contributed by atoms with Crippen molar-refractivity contribution in [2.45, 2.75) is 19.9 Å². The van der Waals surface area contributed by atoms with Crippen molar-refractivity contribution in [3.63, 3.8) is 0 Å². The molecule has 4 rings (SSSR count). The van der Waals surface area contributed by atoms with Crippen LogP contribution in [0.15, 0.2) is 66.7 Å². The summed E-state index contributed by atoms with van der Waals surface area (Å²) in [5.74, 6) is -1.10. The number of benzene rings is 3. The molecule has 0 unspecified atom stereocenters. The molecular formula is C27H25Cl2NO2. The largest absolute Gasteiger partial charge is 0.298 e. The van der Waals surface area contributed by atoms with Gasteiger partial charge in [0, 0.05) is 39.7 Å². The van der Waals surface area contributed by atoms with Crippen molar-refractivity contribution in [3.8, 4) is 0 Å². The molecule has 1 heterocycles. The molecule has 3 aromatic carbocycles. The van der Waals surface area contributed by atoms with Gasteiger partial charge < -0.3 is 0 Å². The van der Waals surface area contributed by atoms with Gasteiger partial charge in [-0.05, 0) is 38.6 Å². The van der Waals surface area contributed by atoms with E-state index in [1.807, 2.05) is 75.5 Å². The van der Waals surface area contributed by atoms with Crippen molar-refractivity contribution < 1.29 is 9.59 Å². The fraction of sp³-hybridized carbons (Fsp3) is 0.259. The highest BCUT2D eigenvalue weighted by atomic mass is 35.5. The smallest absolute Gasteiger partial charge is 0.168 e. The first kappa shape index (κ1) is 22.7. The lowest BCUT2D eigenvalue weighted by molar-refractivity contribution is 0.0785. The van der Waals surface area contributed by atoms with Crippen molar-refractivity contribution in [2.75, 3.05) is 13.6 Å². The van der Waals surface area contributed by atoms with Crippen LogP contribution in [0, 0.1) is 25.7 Å². The second kappa shape index (κ2) is 9.19. The Hall–Kier alpha value is -2.46. The summed E-state index contributed by atoms with van der Waals surface area (Å²) in [6.07, 6.45) is 0. The Balaban J connectivity index is 1.80. The van der Waals surface area contributed by atoms with Gasteiger partial charge in [-0.2, -0.15) is 0 Å². The second-order valence-electron chi connectivity index (χ2n) is 8.64. The van der Waals surface area contributed by atoms with Gasteiger partial charge in [-0.3, -0.25) is 14.5 Å². The highest BCUT2D eigenvalue weighted by Crippen LogP contribution is 2.45. The van der Waals surface area contributed by atoms with Crippen LogP contribution in [0.4, 0.5) is 0 Å². The van der Waals surface area contributed by atoms with Crippen LogP contribution in [0.2, 0.25) is 10.0 Å². The average Bonchev–Trinajstić information content (AvgIpc) is 3.10. The third-order valence-corrected chi connectivity index (χ3v) is 6.89. The van der Waals surface area contributed by atoms with Crippen molar-refractivity contribution in [1.82, 2.24) is 4.90 Å². The van der Waals surface area contributed by atoms with Gasteiger partial charge in [0.25, 0.3) is 0 Å². The third-order valence-electron chi connectivity index (χ3n) is 6.33. The Morgan fingerprint density at radius 2 is 1.34 bits per heavy atom. The van der Waals surface area contributed by atoms with E-state index in [0.717, 1.165) is 16.7 Å². The number of Topliss-reactive ketones (excluding diaryl/α,β-unsaturated/α-hetero) is 2. The summed E-state index contributed by atoms with van der Waals surface area (Å²) in [6, 6.07) is 20.1. The van der Waals surface area contributed by atoms with E-state index in [1.54, 1.807) is 12.1 Å². The lowest BCUT2D eigenvalue weighted by Crippen LogP contribution is -2.31. The zero-order valence-corrected chi connectivity index (χ0v) is 19.8. The van der Waals surface area contributed by atoms with Crippen molar-refractivity contribution in [1.29, 1.82) is 0 Å². The fourth-order valence-corrected chi connectivity index (χ4v) is 5.14. The maximum Gasteiger partial charge on any atom is 0.168 e. The summed E-state index contributed by atoms with van der Waals surface area (Å²) in [4.78, 5) is 29.5. The molecular weight excluding hydrogens is 441 g/mol. The molecule has 0 radical (unpaired) electrons. The molecule has 3 atom stereocenters. The normalized spacial score (nSPS) is 21.0. The standard InChI is InChI=1S/C27H25Cl2NO2/c1-16-4-8-18(9-5-16)26(31)22-15-30(3)25(21-13-12-20(28)14-23(21)29)24(22)27(32)19-10-6-17(2)7-11-19/h4-14,22,24-25H,15H2,1-3H3/t22-,24-,25-/m1/s1. The topological polar surface area (TPSA) is 37.4 Å². The molecule has 0 aromatic heterocycles. The van der Waals surface area contributed by atoms with Crippen molar-refractivity contribution in [3.05, 3.63) is 105 Å². The summed E-state index contributed by atoms with van der Waals surface area (Å²) in [6.45, 7) is 4.44. The molecule has 164 valence electrons. The number of carbonyl (C=O) groups is 2. The number of hydrogen-bond acceptors (Lipinski definition) is 3. The zero-order valence-electron chi connectivity index (χ0n) is 18.3. The van der Waals surface area contributed by atoms with E-state index in [0.29, 0.717) is 27.7 Å². The fourth-order valence-electron chi connectivity index (χ4n) is 4.62. The second-order valence-corrected chi connectivity index (χ2v) is 9.49. The molecule has 0 spiro atoms. The maximum atomic E-state index is 13.8. The van der Waals surface area contributed by atoms with Crippen LogP contribution in [0.25, 0.3) is 0 Å². The van der Waals surface area contributed by atoms with Crippen LogP contribution in [0.5, 0.6) is 0 Å². The molecule has 0 amide bonds. The Bertz CT molecular complexity index is 1160. The summed E-state index contributed by atoms with van der Waals surface area (Å²) < 4.78 is 0. The number of nitrogens with zero attached hydrogens (tertiary/aromatic N) is 1. The molecule has 32 heavy (non-hydrogen) atoms. The van der Waals surface area contributed by atoms with Gasteiger partial charge in [0.1, 0.15) is 0 Å². The average molecular weight is 466 g/mol. The minimum Gasteiger partial charge on any atom is -0.298 e. The molecule has 0 bridgehead atoms. The maximum absolute atomic E-state index is 13.8. The molecule has 3 nitrogen and oxygen atoms in total. The first-order valence-electron chi connectivity index (χ1n) is 10.6. The van der Waals surface area contributed by atoms with Crippen LogP contribution in [-0.2, 0) is 0 Å². The quantitative estimate of drug-likeness (QED) is 0.398. The Morgan fingerprint density at radius 1 is 0.812 bits per heavy atom. The van der Waals surface area contributed by atoms with Crippen molar-refractivity contribution >= 4 is 34.8 Å². The molecule has 1 aliphatic heterocycles. The number of halogens is 2. The zero-order chi connectivity index (χ0) is 23.0. The Labute approximate surface area is 199 Å². The van der Waals surface area contributed by atoms with E-state index in [2.05, 4.69) is 4.90 Å². The predicted molar refractivity (Wildman–Crippen MR) is 130 cm³/mol. The van der Waals surface area contributed by atoms with Crippen LogP contribution < -0.4 is 0 Å². The number of ketones is 2. The van der Waals surface area contributed by atoms with Gasteiger partial charge in [0.15, 0.2) is 11.6 Å². The van der Waals surface area contributed by atoms with Gasteiger partial charge in [0.05, 0.1) is 5.92 Å². The monoisotopic (exact) mass is 465 g/mol. The van der Waals surface area contributed by atoms with Gasteiger partial charge in [-0.15, -0.1) is 0 Å². The molecule has 1 fully saturated rings. The van der Waals surface area contributed by atoms with Gasteiger partial charge in [-0.25, -0.2) is 0 Å². The number of carbonyl (C=O) groups excluding carboxylic acids is 2. The highest BCUT2D eigenvalue weighted by Gasteiger charge is 2.48. The first-order chi connectivity index (χ1) is 15.3. The Morgan fingerprint density at radius 3 is 1.88 bits per heavy atom. The first-order valence-corrected chi connectivity index (χ1v) is 11.4. The van der Waals surface area contributed by atoms with Gasteiger partial charge >= 0.3 is 0 Å². The van der Waals surface area contributed by atoms with Crippen LogP contribution in [0.1, 0.15) is 43.4 Å². The van der Waals surface area contributed by atoms with Gasteiger partial charge in [-0.1, -0.05) is 88.9 Å². The van der Waals surface area contributed by atoms with E-state index in [1.165, 1.54) is 0 Å². The number of hydrogen-bond donors (Lipinski definition) is 0. The van der Waals surface area contributed by atoms with E-state index in [-0.39, 0.29) is 17.6 Å². The van der Waals surface area contributed by atoms with Crippen LogP contribution >= 0.6 is 23.2 Å². The predicted octanol–water partition coefficient (Wildman–Crippen LogP) is 6.59. The van der Waals surface area contributed by atoms with E-state index < -0.39 is 11.8 Å². The molecule has 0 aliphatic carbocycles. The van der Waals surface area contributed by atoms with E-state index >= 15 is 0 Å².